The minimum absolute atomic E-state index is 0.197. The van der Waals surface area contributed by atoms with Crippen molar-refractivity contribution in [1.29, 1.82) is 0 Å². The highest BCUT2D eigenvalue weighted by molar-refractivity contribution is 9.10. The largest absolute Gasteiger partial charge is 0.307 e. The van der Waals surface area contributed by atoms with E-state index < -0.39 is 0 Å². The zero-order chi connectivity index (χ0) is 10.8. The molecule has 1 rings (SSSR count). The van der Waals surface area contributed by atoms with Gasteiger partial charge in [0.2, 0.25) is 0 Å². The van der Waals surface area contributed by atoms with Gasteiger partial charge in [0.05, 0.1) is 0 Å². The molecule has 0 aliphatic heterocycles. The maximum atomic E-state index is 5.96. The summed E-state index contributed by atoms with van der Waals surface area (Å²) in [4.78, 5) is 1.27. The molecule has 1 N–H and O–H groups in total. The lowest BCUT2D eigenvalue weighted by Crippen LogP contribution is -2.37. The van der Waals surface area contributed by atoms with Crippen molar-refractivity contribution in [3.63, 3.8) is 0 Å². The highest BCUT2D eigenvalue weighted by Crippen LogP contribution is 2.32. The van der Waals surface area contributed by atoms with Crippen molar-refractivity contribution in [3.05, 3.63) is 19.8 Å². The first-order chi connectivity index (χ1) is 6.44. The number of thiophene rings is 1. The second-order valence-electron chi connectivity index (χ2n) is 3.93. The third kappa shape index (κ3) is 3.54. The Morgan fingerprint density at radius 3 is 2.64 bits per heavy atom. The van der Waals surface area contributed by atoms with Gasteiger partial charge in [0.1, 0.15) is 4.34 Å². The van der Waals surface area contributed by atoms with Gasteiger partial charge in [0, 0.05) is 21.4 Å². The van der Waals surface area contributed by atoms with E-state index in [1.807, 2.05) is 0 Å². The monoisotopic (exact) mass is 295 g/mol. The highest BCUT2D eigenvalue weighted by atomic mass is 79.9. The van der Waals surface area contributed by atoms with Gasteiger partial charge in [-0.15, -0.1) is 11.3 Å². The molecule has 14 heavy (non-hydrogen) atoms. The second kappa shape index (κ2) is 4.97. The van der Waals surface area contributed by atoms with Crippen molar-refractivity contribution in [2.45, 2.75) is 39.3 Å². The van der Waals surface area contributed by atoms with Gasteiger partial charge in [0.25, 0.3) is 0 Å². The fraction of sp³-hybridized carbons (Fsp3) is 0.600. The van der Waals surface area contributed by atoms with E-state index in [2.05, 4.69) is 48.1 Å². The van der Waals surface area contributed by atoms with E-state index in [9.17, 15) is 0 Å². The van der Waals surface area contributed by atoms with Crippen LogP contribution in [-0.4, -0.2) is 5.54 Å². The number of nitrogens with one attached hydrogen (secondary N) is 1. The molecular weight excluding hydrogens is 282 g/mol. The first kappa shape index (κ1) is 12.5. The smallest absolute Gasteiger partial charge is 0.107 e. The zero-order valence-corrected chi connectivity index (χ0v) is 11.8. The Morgan fingerprint density at radius 2 is 2.21 bits per heavy atom. The Morgan fingerprint density at radius 1 is 1.57 bits per heavy atom. The topological polar surface area (TPSA) is 12.0 Å². The first-order valence-corrected chi connectivity index (χ1v) is 6.62. The molecule has 0 aliphatic rings. The van der Waals surface area contributed by atoms with E-state index in [1.54, 1.807) is 11.3 Å². The molecule has 1 aromatic rings. The molecular formula is C10H15BrClNS. The molecule has 1 aromatic heterocycles. The van der Waals surface area contributed by atoms with Crippen LogP contribution in [-0.2, 0) is 6.54 Å². The Kier molecular flexibility index (Phi) is 4.44. The molecule has 0 amide bonds. The fourth-order valence-corrected chi connectivity index (χ4v) is 2.66. The van der Waals surface area contributed by atoms with Crippen molar-refractivity contribution < 1.29 is 0 Å². The van der Waals surface area contributed by atoms with Crippen LogP contribution < -0.4 is 5.32 Å². The van der Waals surface area contributed by atoms with Crippen LogP contribution in [0.25, 0.3) is 0 Å². The molecule has 0 atom stereocenters. The average molecular weight is 297 g/mol. The van der Waals surface area contributed by atoms with E-state index in [0.717, 1.165) is 21.8 Å². The maximum Gasteiger partial charge on any atom is 0.107 e. The van der Waals surface area contributed by atoms with Gasteiger partial charge in [-0.1, -0.05) is 18.5 Å². The van der Waals surface area contributed by atoms with E-state index in [0.29, 0.717) is 0 Å². The third-order valence-corrected chi connectivity index (χ3v) is 4.80. The molecule has 80 valence electrons. The molecule has 0 saturated carbocycles. The van der Waals surface area contributed by atoms with Crippen LogP contribution >= 0.6 is 38.9 Å². The lowest BCUT2D eigenvalue weighted by Gasteiger charge is -2.24. The Labute approximate surface area is 103 Å². The van der Waals surface area contributed by atoms with Crippen LogP contribution in [0.5, 0.6) is 0 Å². The summed E-state index contributed by atoms with van der Waals surface area (Å²) in [5, 5.41) is 3.50. The van der Waals surface area contributed by atoms with Gasteiger partial charge < -0.3 is 5.32 Å². The predicted molar refractivity (Wildman–Crippen MR) is 68.2 cm³/mol. The summed E-state index contributed by atoms with van der Waals surface area (Å²) in [6, 6.07) is 2.08. The molecule has 1 nitrogen and oxygen atoms in total. The summed E-state index contributed by atoms with van der Waals surface area (Å²) >= 11 is 11.0. The summed E-state index contributed by atoms with van der Waals surface area (Å²) in [5.74, 6) is 0. The van der Waals surface area contributed by atoms with Crippen LogP contribution in [0.1, 0.15) is 32.1 Å². The molecule has 0 aromatic carbocycles. The van der Waals surface area contributed by atoms with Gasteiger partial charge in [0.15, 0.2) is 0 Å². The van der Waals surface area contributed by atoms with E-state index in [4.69, 9.17) is 11.6 Å². The van der Waals surface area contributed by atoms with Crippen LogP contribution in [0.15, 0.2) is 10.5 Å². The first-order valence-electron chi connectivity index (χ1n) is 4.63. The highest BCUT2D eigenvalue weighted by Gasteiger charge is 2.14. The predicted octanol–water partition coefficient (Wildman–Crippen LogP) is 4.44. The average Bonchev–Trinajstić information content (AvgIpc) is 2.44. The van der Waals surface area contributed by atoms with Gasteiger partial charge in [-0.25, -0.2) is 0 Å². The van der Waals surface area contributed by atoms with Crippen molar-refractivity contribution >= 4 is 38.9 Å². The second-order valence-corrected chi connectivity index (χ2v) is 6.52. The minimum Gasteiger partial charge on any atom is -0.307 e. The summed E-state index contributed by atoms with van der Waals surface area (Å²) in [7, 11) is 0. The van der Waals surface area contributed by atoms with Crippen LogP contribution in [0.3, 0.4) is 0 Å². The molecule has 0 fully saturated rings. The Hall–Kier alpha value is 0.430. The molecule has 0 bridgehead atoms. The summed E-state index contributed by atoms with van der Waals surface area (Å²) < 4.78 is 1.83. The van der Waals surface area contributed by atoms with Crippen LogP contribution in [0.2, 0.25) is 4.34 Å². The quantitative estimate of drug-likeness (QED) is 0.866. The lowest BCUT2D eigenvalue weighted by molar-refractivity contribution is 0.376. The molecule has 0 saturated heterocycles. The number of hydrogen-bond acceptors (Lipinski definition) is 2. The summed E-state index contributed by atoms with van der Waals surface area (Å²) in [6.45, 7) is 7.48. The van der Waals surface area contributed by atoms with Gasteiger partial charge in [-0.2, -0.15) is 0 Å². The summed E-state index contributed by atoms with van der Waals surface area (Å²) in [6.07, 6.45) is 1.12. The normalized spacial score (nSPS) is 12.1. The van der Waals surface area contributed by atoms with Crippen molar-refractivity contribution in [2.24, 2.45) is 0 Å². The molecule has 0 spiro atoms. The molecule has 0 unspecified atom stereocenters. The maximum absolute atomic E-state index is 5.96. The van der Waals surface area contributed by atoms with Crippen molar-refractivity contribution in [3.8, 4) is 0 Å². The molecule has 0 radical (unpaired) electrons. The van der Waals surface area contributed by atoms with Gasteiger partial charge in [-0.3, -0.25) is 0 Å². The van der Waals surface area contributed by atoms with E-state index in [-0.39, 0.29) is 5.54 Å². The Balaban J connectivity index is 2.54. The molecule has 1 heterocycles. The van der Waals surface area contributed by atoms with Crippen molar-refractivity contribution in [1.82, 2.24) is 5.32 Å². The molecule has 4 heteroatoms. The minimum atomic E-state index is 0.197. The number of halogens is 2. The summed E-state index contributed by atoms with van der Waals surface area (Å²) in [5.41, 5.74) is 0.197. The van der Waals surface area contributed by atoms with Gasteiger partial charge in [-0.05, 0) is 42.3 Å². The van der Waals surface area contributed by atoms with E-state index in [1.165, 1.54) is 4.88 Å². The molecule has 0 aliphatic carbocycles. The fourth-order valence-electron chi connectivity index (χ4n) is 0.930. The standard InChI is InChI=1S/C10H15BrClNS/c1-4-10(2,3)13-6-7-5-8(11)9(12)14-7/h5,13H,4,6H2,1-3H3. The third-order valence-electron chi connectivity index (χ3n) is 2.32. The van der Waals surface area contributed by atoms with Crippen molar-refractivity contribution in [2.75, 3.05) is 0 Å². The number of hydrogen-bond donors (Lipinski definition) is 1. The number of rotatable bonds is 4. The van der Waals surface area contributed by atoms with E-state index >= 15 is 0 Å². The Bertz CT molecular complexity index is 290. The van der Waals surface area contributed by atoms with Crippen LogP contribution in [0, 0.1) is 0 Å². The zero-order valence-electron chi connectivity index (χ0n) is 8.66. The SMILES string of the molecule is CCC(C)(C)NCc1cc(Br)c(Cl)s1. The lowest BCUT2D eigenvalue weighted by atomic mass is 10.0. The van der Waals surface area contributed by atoms with Gasteiger partial charge >= 0.3 is 0 Å². The van der Waals surface area contributed by atoms with Crippen LogP contribution in [0.4, 0.5) is 0 Å².